The quantitative estimate of drug-likeness (QED) is 0.662. The number of ether oxygens (including phenoxy) is 1. The Kier molecular flexibility index (Phi) is 3.26. The van der Waals surface area contributed by atoms with E-state index in [4.69, 9.17) is 4.74 Å². The summed E-state index contributed by atoms with van der Waals surface area (Å²) >= 11 is 1.84. The molecule has 0 atom stereocenters. The van der Waals surface area contributed by atoms with Crippen molar-refractivity contribution in [2.24, 2.45) is 0 Å². The van der Waals surface area contributed by atoms with Crippen molar-refractivity contribution in [3.8, 4) is 5.75 Å². The molecule has 1 nitrogen and oxygen atoms in total. The highest BCUT2D eigenvalue weighted by Crippen LogP contribution is 2.37. The second-order valence-electron chi connectivity index (χ2n) is 4.65. The Morgan fingerprint density at radius 3 is 2.53 bits per heavy atom. The van der Waals surface area contributed by atoms with E-state index in [1.54, 1.807) is 7.11 Å². The molecule has 96 valence electrons. The minimum atomic E-state index is 0.977. The smallest absolute Gasteiger partial charge is 0.136 e. The summed E-state index contributed by atoms with van der Waals surface area (Å²) in [4.78, 5) is 1.42. The molecule has 3 rings (SSSR count). The fraction of sp³-hybridized carbons (Fsp3) is 0.176. The van der Waals surface area contributed by atoms with Crippen molar-refractivity contribution in [1.29, 1.82) is 0 Å². The summed E-state index contributed by atoms with van der Waals surface area (Å²) in [5, 5.41) is 1.32. The zero-order valence-electron chi connectivity index (χ0n) is 11.1. The normalized spacial score (nSPS) is 10.8. The first-order chi connectivity index (χ1) is 9.29. The van der Waals surface area contributed by atoms with Crippen molar-refractivity contribution >= 4 is 21.4 Å². The Bertz CT molecular complexity index is 698. The highest BCUT2D eigenvalue weighted by atomic mass is 32.1. The van der Waals surface area contributed by atoms with Crippen LogP contribution in [-0.4, -0.2) is 7.11 Å². The largest absolute Gasteiger partial charge is 0.495 e. The molecular weight excluding hydrogens is 252 g/mol. The maximum atomic E-state index is 5.46. The molecule has 0 saturated heterocycles. The van der Waals surface area contributed by atoms with E-state index < -0.39 is 0 Å². The van der Waals surface area contributed by atoms with Gasteiger partial charge in [0, 0.05) is 11.3 Å². The first kappa shape index (κ1) is 12.2. The lowest BCUT2D eigenvalue weighted by Gasteiger charge is -2.00. The minimum absolute atomic E-state index is 0.977. The molecule has 3 aromatic rings. The number of hydrogen-bond acceptors (Lipinski definition) is 2. The molecule has 0 aliphatic carbocycles. The summed E-state index contributed by atoms with van der Waals surface area (Å²) in [6.45, 7) is 2.20. The molecule has 1 heterocycles. The van der Waals surface area contributed by atoms with Gasteiger partial charge in [-0.2, -0.15) is 0 Å². The average molecular weight is 268 g/mol. The van der Waals surface area contributed by atoms with E-state index in [1.165, 1.54) is 26.1 Å². The molecule has 0 aliphatic rings. The number of hydrogen-bond donors (Lipinski definition) is 0. The molecule has 19 heavy (non-hydrogen) atoms. The third-order valence-corrected chi connectivity index (χ3v) is 4.78. The van der Waals surface area contributed by atoms with Crippen LogP contribution in [-0.2, 0) is 6.42 Å². The van der Waals surface area contributed by atoms with E-state index in [-0.39, 0.29) is 0 Å². The topological polar surface area (TPSA) is 9.23 Å². The number of methoxy groups -OCH3 is 1. The lowest BCUT2D eigenvalue weighted by molar-refractivity contribution is 0.420. The first-order valence-corrected chi connectivity index (χ1v) is 7.20. The molecule has 0 aliphatic heterocycles. The van der Waals surface area contributed by atoms with Crippen molar-refractivity contribution in [3.05, 3.63) is 64.5 Å². The summed E-state index contributed by atoms with van der Waals surface area (Å²) < 4.78 is 6.71. The van der Waals surface area contributed by atoms with E-state index in [0.29, 0.717) is 0 Å². The van der Waals surface area contributed by atoms with Crippen LogP contribution >= 0.6 is 11.3 Å². The lowest BCUT2D eigenvalue weighted by Crippen LogP contribution is -1.85. The third-order valence-electron chi connectivity index (χ3n) is 3.45. The van der Waals surface area contributed by atoms with Gasteiger partial charge >= 0.3 is 0 Å². The van der Waals surface area contributed by atoms with Crippen molar-refractivity contribution in [2.75, 3.05) is 7.11 Å². The predicted molar refractivity (Wildman–Crippen MR) is 82.4 cm³/mol. The van der Waals surface area contributed by atoms with Crippen molar-refractivity contribution in [1.82, 2.24) is 0 Å². The van der Waals surface area contributed by atoms with Gasteiger partial charge in [-0.3, -0.25) is 0 Å². The maximum absolute atomic E-state index is 5.46. The molecule has 0 radical (unpaired) electrons. The summed E-state index contributed by atoms with van der Waals surface area (Å²) in [7, 11) is 1.74. The molecule has 0 unspecified atom stereocenters. The highest BCUT2D eigenvalue weighted by molar-refractivity contribution is 7.19. The van der Waals surface area contributed by atoms with Crippen LogP contribution in [0.5, 0.6) is 5.75 Å². The van der Waals surface area contributed by atoms with Gasteiger partial charge in [0.25, 0.3) is 0 Å². The lowest BCUT2D eigenvalue weighted by atomic mass is 10.1. The third kappa shape index (κ3) is 2.24. The van der Waals surface area contributed by atoms with E-state index in [2.05, 4.69) is 49.4 Å². The SMILES string of the molecule is COc1cccc2c(C)c(Cc3ccccc3)sc12. The summed E-state index contributed by atoms with van der Waals surface area (Å²) in [5.41, 5.74) is 2.74. The van der Waals surface area contributed by atoms with Crippen LogP contribution in [0.3, 0.4) is 0 Å². The molecule has 0 spiro atoms. The Hall–Kier alpha value is -1.80. The van der Waals surface area contributed by atoms with Crippen LogP contribution in [0.25, 0.3) is 10.1 Å². The predicted octanol–water partition coefficient (Wildman–Crippen LogP) is 4.81. The first-order valence-electron chi connectivity index (χ1n) is 6.38. The Balaban J connectivity index is 2.08. The Labute approximate surface area is 117 Å². The van der Waals surface area contributed by atoms with E-state index in [1.807, 2.05) is 17.4 Å². The van der Waals surface area contributed by atoms with Gasteiger partial charge < -0.3 is 4.74 Å². The van der Waals surface area contributed by atoms with Crippen molar-refractivity contribution < 1.29 is 4.74 Å². The summed E-state index contributed by atoms with van der Waals surface area (Å²) in [5.74, 6) is 0.977. The number of thiophene rings is 1. The van der Waals surface area contributed by atoms with E-state index in [0.717, 1.165) is 12.2 Å². The summed E-state index contributed by atoms with van der Waals surface area (Å²) in [6.07, 6.45) is 0.995. The van der Waals surface area contributed by atoms with Gasteiger partial charge in [-0.05, 0) is 29.5 Å². The fourth-order valence-corrected chi connectivity index (χ4v) is 3.71. The molecule has 0 bridgehead atoms. The van der Waals surface area contributed by atoms with Gasteiger partial charge in [-0.1, -0.05) is 42.5 Å². The van der Waals surface area contributed by atoms with Gasteiger partial charge in [0.05, 0.1) is 11.8 Å². The van der Waals surface area contributed by atoms with Gasteiger partial charge in [-0.15, -0.1) is 11.3 Å². The average Bonchev–Trinajstić information content (AvgIpc) is 2.77. The standard InChI is InChI=1S/C17H16OS/c1-12-14-9-6-10-15(18-2)17(14)19-16(12)11-13-7-4-3-5-8-13/h3-10H,11H2,1-2H3. The van der Waals surface area contributed by atoms with Crippen LogP contribution in [0.15, 0.2) is 48.5 Å². The Morgan fingerprint density at radius 2 is 1.79 bits per heavy atom. The molecule has 2 aromatic carbocycles. The van der Waals surface area contributed by atoms with Gasteiger partial charge in [0.1, 0.15) is 5.75 Å². The second kappa shape index (κ2) is 5.06. The number of rotatable bonds is 3. The molecule has 0 amide bonds. The van der Waals surface area contributed by atoms with E-state index in [9.17, 15) is 0 Å². The van der Waals surface area contributed by atoms with Gasteiger partial charge in [0.2, 0.25) is 0 Å². The number of fused-ring (bicyclic) bond motifs is 1. The highest BCUT2D eigenvalue weighted by Gasteiger charge is 2.11. The molecular formula is C17H16OS. The van der Waals surface area contributed by atoms with Crippen LogP contribution in [0.4, 0.5) is 0 Å². The second-order valence-corrected chi connectivity index (χ2v) is 5.75. The molecule has 0 N–H and O–H groups in total. The Morgan fingerprint density at radius 1 is 1.00 bits per heavy atom. The number of aryl methyl sites for hydroxylation is 1. The molecule has 1 aromatic heterocycles. The summed E-state index contributed by atoms with van der Waals surface area (Å²) in [6, 6.07) is 16.9. The van der Waals surface area contributed by atoms with Crippen LogP contribution in [0.1, 0.15) is 16.0 Å². The van der Waals surface area contributed by atoms with Crippen LogP contribution in [0, 0.1) is 6.92 Å². The van der Waals surface area contributed by atoms with Crippen molar-refractivity contribution in [3.63, 3.8) is 0 Å². The van der Waals surface area contributed by atoms with E-state index >= 15 is 0 Å². The fourth-order valence-electron chi connectivity index (χ4n) is 2.38. The van der Waals surface area contributed by atoms with Gasteiger partial charge in [0.15, 0.2) is 0 Å². The van der Waals surface area contributed by atoms with Crippen LogP contribution < -0.4 is 4.74 Å². The molecule has 2 heteroatoms. The molecule has 0 fully saturated rings. The minimum Gasteiger partial charge on any atom is -0.495 e. The number of benzene rings is 2. The zero-order chi connectivity index (χ0) is 13.2. The maximum Gasteiger partial charge on any atom is 0.136 e. The van der Waals surface area contributed by atoms with Crippen molar-refractivity contribution in [2.45, 2.75) is 13.3 Å². The van der Waals surface area contributed by atoms with Gasteiger partial charge in [-0.25, -0.2) is 0 Å². The monoisotopic (exact) mass is 268 g/mol. The van der Waals surface area contributed by atoms with Crippen LogP contribution in [0.2, 0.25) is 0 Å². The molecule has 0 saturated carbocycles. The zero-order valence-corrected chi connectivity index (χ0v) is 12.0.